The van der Waals surface area contributed by atoms with Gasteiger partial charge in [-0.3, -0.25) is 4.79 Å². The Labute approximate surface area is 161 Å². The van der Waals surface area contributed by atoms with E-state index in [1.807, 2.05) is 24.3 Å². The molecule has 3 rings (SSSR count). The zero-order valence-corrected chi connectivity index (χ0v) is 16.3. The Morgan fingerprint density at radius 3 is 2.50 bits per heavy atom. The van der Waals surface area contributed by atoms with Gasteiger partial charge in [-0.05, 0) is 64.4 Å². The van der Waals surface area contributed by atoms with Crippen molar-refractivity contribution in [3.8, 4) is 6.07 Å². The summed E-state index contributed by atoms with van der Waals surface area (Å²) < 4.78 is 27.2. The first-order valence-corrected chi connectivity index (χ1v) is 10.5. The summed E-state index contributed by atoms with van der Waals surface area (Å²) in [4.78, 5) is 12.1. The first-order chi connectivity index (χ1) is 12.4. The second-order valence-electron chi connectivity index (χ2n) is 6.43. The lowest BCUT2D eigenvalue weighted by Crippen LogP contribution is -2.34. The van der Waals surface area contributed by atoms with E-state index in [1.165, 1.54) is 23.8 Å². The van der Waals surface area contributed by atoms with E-state index in [4.69, 9.17) is 5.26 Å². The van der Waals surface area contributed by atoms with Gasteiger partial charge < -0.3 is 0 Å². The van der Waals surface area contributed by atoms with Gasteiger partial charge >= 0.3 is 0 Å². The van der Waals surface area contributed by atoms with Gasteiger partial charge in [-0.1, -0.05) is 30.3 Å². The van der Waals surface area contributed by atoms with Gasteiger partial charge in [0.2, 0.25) is 5.91 Å². The van der Waals surface area contributed by atoms with Crippen LogP contribution in [0, 0.1) is 17.2 Å². The van der Waals surface area contributed by atoms with Gasteiger partial charge in [0.05, 0.1) is 10.5 Å². The van der Waals surface area contributed by atoms with Crippen molar-refractivity contribution in [1.82, 2.24) is 4.72 Å². The second-order valence-corrected chi connectivity index (χ2v) is 8.97. The molecule has 1 aliphatic rings. The fraction of sp³-hybridized carbons (Fsp3) is 0.263. The van der Waals surface area contributed by atoms with Crippen LogP contribution in [-0.4, -0.2) is 14.3 Å². The van der Waals surface area contributed by atoms with Gasteiger partial charge in [0.25, 0.3) is 10.0 Å². The third-order valence-electron chi connectivity index (χ3n) is 4.60. The van der Waals surface area contributed by atoms with Crippen LogP contribution in [0.5, 0.6) is 0 Å². The summed E-state index contributed by atoms with van der Waals surface area (Å²) in [6.45, 7) is 0. The van der Waals surface area contributed by atoms with E-state index in [2.05, 4.69) is 32.8 Å². The minimum Gasteiger partial charge on any atom is -0.274 e. The predicted octanol–water partition coefficient (Wildman–Crippen LogP) is 3.71. The molecule has 134 valence electrons. The number of halogens is 1. The maximum atomic E-state index is 12.3. The van der Waals surface area contributed by atoms with Crippen LogP contribution in [0.2, 0.25) is 0 Å². The van der Waals surface area contributed by atoms with E-state index < -0.39 is 15.9 Å². The van der Waals surface area contributed by atoms with E-state index >= 15 is 0 Å². The first-order valence-electron chi connectivity index (χ1n) is 8.19. The summed E-state index contributed by atoms with van der Waals surface area (Å²) in [5, 5.41) is 8.89. The van der Waals surface area contributed by atoms with Crippen molar-refractivity contribution in [2.24, 2.45) is 5.92 Å². The van der Waals surface area contributed by atoms with E-state index in [-0.39, 0.29) is 17.2 Å². The quantitative estimate of drug-likeness (QED) is 0.779. The number of hydrogen-bond donors (Lipinski definition) is 1. The van der Waals surface area contributed by atoms with E-state index in [0.29, 0.717) is 16.0 Å². The number of nitrogens with zero attached hydrogens (tertiary/aromatic N) is 1. The van der Waals surface area contributed by atoms with Crippen LogP contribution >= 0.6 is 15.9 Å². The molecular formula is C19H17BrN2O3S. The summed E-state index contributed by atoms with van der Waals surface area (Å²) in [5.41, 5.74) is 1.59. The van der Waals surface area contributed by atoms with E-state index in [0.717, 1.165) is 12.8 Å². The summed E-state index contributed by atoms with van der Waals surface area (Å²) in [6, 6.07) is 16.1. The fourth-order valence-corrected chi connectivity index (χ4v) is 4.81. The molecule has 0 aromatic heterocycles. The third kappa shape index (κ3) is 4.14. The van der Waals surface area contributed by atoms with Crippen LogP contribution in [0.25, 0.3) is 0 Å². The molecule has 1 aliphatic carbocycles. The molecule has 0 bridgehead atoms. The number of hydrogen-bond acceptors (Lipinski definition) is 4. The van der Waals surface area contributed by atoms with Crippen LogP contribution in [0.15, 0.2) is 57.9 Å². The Hall–Kier alpha value is -2.17. The minimum atomic E-state index is -3.94. The van der Waals surface area contributed by atoms with Crippen molar-refractivity contribution < 1.29 is 13.2 Å². The van der Waals surface area contributed by atoms with Crippen molar-refractivity contribution >= 4 is 31.9 Å². The number of carbonyl (C=O) groups is 1. The van der Waals surface area contributed by atoms with Gasteiger partial charge in [0.1, 0.15) is 6.07 Å². The fourth-order valence-electron chi connectivity index (χ4n) is 3.17. The largest absolute Gasteiger partial charge is 0.274 e. The lowest BCUT2D eigenvalue weighted by molar-refractivity contribution is -0.120. The molecule has 0 heterocycles. The van der Waals surface area contributed by atoms with Crippen LogP contribution in [-0.2, 0) is 14.8 Å². The number of carbonyl (C=O) groups excluding carboxylic acids is 1. The molecule has 2 aromatic rings. The molecule has 0 spiro atoms. The zero-order valence-electron chi connectivity index (χ0n) is 13.9. The number of sulfonamides is 1. The predicted molar refractivity (Wildman–Crippen MR) is 101 cm³/mol. The Bertz CT molecular complexity index is 962. The molecule has 0 aliphatic heterocycles. The number of nitrogens with one attached hydrogen (secondary N) is 1. The molecular weight excluding hydrogens is 416 g/mol. The molecule has 1 fully saturated rings. The zero-order chi connectivity index (χ0) is 18.7. The smallest absolute Gasteiger partial charge is 0.264 e. The van der Waals surface area contributed by atoms with Crippen molar-refractivity contribution in [1.29, 1.82) is 5.26 Å². The van der Waals surface area contributed by atoms with Crippen LogP contribution in [0.4, 0.5) is 0 Å². The van der Waals surface area contributed by atoms with Gasteiger partial charge in [-0.15, -0.1) is 0 Å². The molecule has 0 radical (unpaired) electrons. The normalized spacial score (nSPS) is 19.2. The van der Waals surface area contributed by atoms with Gasteiger partial charge in [-0.25, -0.2) is 13.1 Å². The molecule has 5 nitrogen and oxygen atoms in total. The standard InChI is InChI=1S/C19H17BrN2O3S/c20-18-11-17(7-6-15(18)12-21)26(24,25)22-19(23)10-13-8-16(9-13)14-4-2-1-3-5-14/h1-7,11,13,16H,8-10H2,(H,22,23). The van der Waals surface area contributed by atoms with Crippen molar-refractivity contribution in [2.75, 3.05) is 0 Å². The molecule has 0 saturated heterocycles. The highest BCUT2D eigenvalue weighted by molar-refractivity contribution is 9.10. The van der Waals surface area contributed by atoms with E-state index in [9.17, 15) is 13.2 Å². The monoisotopic (exact) mass is 432 g/mol. The summed E-state index contributed by atoms with van der Waals surface area (Å²) in [7, 11) is -3.94. The maximum absolute atomic E-state index is 12.3. The summed E-state index contributed by atoms with van der Waals surface area (Å²) >= 11 is 3.16. The first kappa shape index (κ1) is 18.6. The maximum Gasteiger partial charge on any atom is 0.264 e. The number of rotatable bonds is 5. The topological polar surface area (TPSA) is 87.0 Å². The highest BCUT2D eigenvalue weighted by Gasteiger charge is 2.32. The lowest BCUT2D eigenvalue weighted by atomic mass is 9.70. The second kappa shape index (κ2) is 7.60. The Kier molecular flexibility index (Phi) is 5.44. The Morgan fingerprint density at radius 1 is 1.19 bits per heavy atom. The lowest BCUT2D eigenvalue weighted by Gasteiger charge is -2.35. The average Bonchev–Trinajstić information content (AvgIpc) is 2.58. The molecule has 26 heavy (non-hydrogen) atoms. The van der Waals surface area contributed by atoms with Gasteiger partial charge in [0.15, 0.2) is 0 Å². The highest BCUT2D eigenvalue weighted by atomic mass is 79.9. The number of nitriles is 1. The van der Waals surface area contributed by atoms with Crippen LogP contribution in [0.1, 0.15) is 36.3 Å². The molecule has 2 aromatic carbocycles. The van der Waals surface area contributed by atoms with Crippen molar-refractivity contribution in [2.45, 2.75) is 30.1 Å². The van der Waals surface area contributed by atoms with E-state index in [1.54, 1.807) is 0 Å². The highest BCUT2D eigenvalue weighted by Crippen LogP contribution is 2.43. The Balaban J connectivity index is 1.57. The molecule has 7 heteroatoms. The molecule has 1 saturated carbocycles. The third-order valence-corrected chi connectivity index (χ3v) is 6.63. The molecule has 0 atom stereocenters. The van der Waals surface area contributed by atoms with Crippen molar-refractivity contribution in [3.05, 3.63) is 64.1 Å². The number of amides is 1. The average molecular weight is 433 g/mol. The Morgan fingerprint density at radius 2 is 1.88 bits per heavy atom. The van der Waals surface area contributed by atoms with Gasteiger partial charge in [0, 0.05) is 10.9 Å². The summed E-state index contributed by atoms with van der Waals surface area (Å²) in [5.74, 6) is 0.144. The SMILES string of the molecule is N#Cc1ccc(S(=O)(=O)NC(=O)CC2CC(c3ccccc3)C2)cc1Br. The van der Waals surface area contributed by atoms with Crippen LogP contribution < -0.4 is 4.72 Å². The number of benzene rings is 2. The minimum absolute atomic E-state index is 0.0486. The van der Waals surface area contributed by atoms with Gasteiger partial charge in [-0.2, -0.15) is 5.26 Å². The molecule has 1 N–H and O–H groups in total. The van der Waals surface area contributed by atoms with Crippen LogP contribution in [0.3, 0.4) is 0 Å². The molecule has 1 amide bonds. The van der Waals surface area contributed by atoms with Crippen molar-refractivity contribution in [3.63, 3.8) is 0 Å². The molecule has 0 unspecified atom stereocenters. The summed E-state index contributed by atoms with van der Waals surface area (Å²) in [6.07, 6.45) is 1.97.